The van der Waals surface area contributed by atoms with Crippen LogP contribution in [0.3, 0.4) is 0 Å². The summed E-state index contributed by atoms with van der Waals surface area (Å²) in [6.07, 6.45) is 0. The molecule has 2 saturated heterocycles. The van der Waals surface area contributed by atoms with Crippen molar-refractivity contribution in [2.75, 3.05) is 169 Å². The van der Waals surface area contributed by atoms with Crippen molar-refractivity contribution in [3.05, 3.63) is 182 Å². The van der Waals surface area contributed by atoms with Crippen molar-refractivity contribution < 1.29 is 224 Å². The zero-order valence-corrected chi connectivity index (χ0v) is 61.6. The summed E-state index contributed by atoms with van der Waals surface area (Å²) in [5.41, 5.74) is 0. The van der Waals surface area contributed by atoms with Crippen LogP contribution >= 0.6 is 46.4 Å². The second-order valence-electron chi connectivity index (χ2n) is 15.4. The molecule has 0 bridgehead atoms. The third kappa shape index (κ3) is 87.1. The minimum Gasteiger partial charge on any atom is -0.872 e. The second-order valence-corrected chi connectivity index (χ2v) is 17.0. The minimum absolute atomic E-state index is 0. The molecule has 2 radical (unpaired) electrons. The van der Waals surface area contributed by atoms with Gasteiger partial charge in [0.1, 0.15) is 0 Å². The summed E-state index contributed by atoms with van der Waals surface area (Å²) >= 11 is 19.1. The molecule has 0 aromatic heterocycles. The van der Waals surface area contributed by atoms with Gasteiger partial charge in [-0.1, -0.05) is 182 Å². The van der Waals surface area contributed by atoms with E-state index in [1.165, 1.54) is 72.8 Å². The molecule has 2 fully saturated rings. The van der Waals surface area contributed by atoms with Crippen molar-refractivity contribution in [1.82, 2.24) is 0 Å². The first-order valence-electron chi connectivity index (χ1n) is 26.7. The molecule has 0 amide bonds. The quantitative estimate of drug-likeness (QED) is 0.155. The molecule has 0 aliphatic carbocycles. The Hall–Kier alpha value is -0.914. The van der Waals surface area contributed by atoms with Crippen LogP contribution in [0.4, 0.5) is 0 Å². The Labute approximate surface area is 647 Å². The predicted molar refractivity (Wildman–Crippen MR) is 318 cm³/mol. The maximum atomic E-state index is 10.3. The molecule has 18 nitrogen and oxygen atoms in total. The third-order valence-corrected chi connectivity index (χ3v) is 8.92. The monoisotopic (exact) mass is 1450 g/mol. The first kappa shape index (κ1) is 98.2. The van der Waals surface area contributed by atoms with E-state index < -0.39 is 0 Å². The van der Waals surface area contributed by atoms with Gasteiger partial charge in [0.15, 0.2) is 0 Å². The van der Waals surface area contributed by atoms with Crippen molar-refractivity contribution in [2.45, 2.75) is 0 Å². The summed E-state index contributed by atoms with van der Waals surface area (Å²) in [5, 5.41) is 62.0. The molecule has 0 saturated carbocycles. The summed E-state index contributed by atoms with van der Waals surface area (Å²) in [6.45, 7) is 14.1. The van der Waals surface area contributed by atoms with Crippen LogP contribution in [0.1, 0.15) is 0 Å². The Kier molecular flexibility index (Phi) is 96.0. The average molecular weight is 1450 g/mol. The molecule has 8 rings (SSSR count). The number of hydrogen-bond acceptors (Lipinski definition) is 18. The van der Waals surface area contributed by atoms with Crippen molar-refractivity contribution in [2.24, 2.45) is 0 Å². The van der Waals surface area contributed by atoms with E-state index in [9.17, 15) is 30.6 Å². The molecule has 88 heavy (non-hydrogen) atoms. The smallest absolute Gasteiger partial charge is 0.872 e. The number of benzene rings is 6. The van der Waals surface area contributed by atoms with Crippen LogP contribution in [0.25, 0.3) is 0 Å². The van der Waals surface area contributed by atoms with Gasteiger partial charge < -0.3 is 87.5 Å². The van der Waals surface area contributed by atoms with Crippen LogP contribution in [-0.4, -0.2) is 169 Å². The van der Waals surface area contributed by atoms with E-state index >= 15 is 0 Å². The molecule has 26 heteroatoms. The molecule has 0 unspecified atom stereocenters. The predicted octanol–water partition coefficient (Wildman–Crippen LogP) is 1.61. The van der Waals surface area contributed by atoms with E-state index in [0.717, 1.165) is 0 Å². The standard InChI is InChI=1S/2C12H24O6.6C6H6O.2CH2Cl2.2Co.2K/c2*1-2-14-5-6-16-9-10-18-12-11-17-8-7-15-4-3-13-1;6*7-6-4-2-1-3-5-6;2*2-1-3;;;;/h2*1-12H2;6*1-5,7H;2*1H2;;;;/q;;;;;;;;;;2*+2;2*+1/p-6. The van der Waals surface area contributed by atoms with Gasteiger partial charge in [-0.3, -0.25) is 0 Å². The molecule has 0 spiro atoms. The van der Waals surface area contributed by atoms with Crippen LogP contribution in [0.2, 0.25) is 0 Å². The molecular weight excluding hydrogens is 1370 g/mol. The Balaban J connectivity index is -0.000000221. The van der Waals surface area contributed by atoms with Gasteiger partial charge in [0.2, 0.25) is 0 Å². The van der Waals surface area contributed by atoms with Crippen LogP contribution in [0.15, 0.2) is 182 Å². The topological polar surface area (TPSA) is 249 Å². The van der Waals surface area contributed by atoms with Crippen molar-refractivity contribution in [3.63, 3.8) is 0 Å². The van der Waals surface area contributed by atoms with Gasteiger partial charge >= 0.3 is 136 Å². The summed E-state index contributed by atoms with van der Waals surface area (Å²) in [6, 6.07) is 50.0. The Morgan fingerprint density at radius 3 is 0.307 bits per heavy atom. The van der Waals surface area contributed by atoms with E-state index in [1.54, 1.807) is 72.8 Å². The second kappa shape index (κ2) is 86.1. The van der Waals surface area contributed by atoms with E-state index in [2.05, 4.69) is 0 Å². The average Bonchev–Trinajstić information content (AvgIpc) is 3.50. The summed E-state index contributed by atoms with van der Waals surface area (Å²) in [7, 11) is 0. The number of rotatable bonds is 0. The van der Waals surface area contributed by atoms with E-state index in [1.807, 2.05) is 36.4 Å². The minimum atomic E-state index is 0. The molecule has 2 aliphatic rings. The molecule has 0 atom stereocenters. The van der Waals surface area contributed by atoms with Gasteiger partial charge in [0, 0.05) is 0 Å². The van der Waals surface area contributed by atoms with E-state index in [0.29, 0.717) is 159 Å². The fourth-order valence-electron chi connectivity index (χ4n) is 5.16. The van der Waals surface area contributed by atoms with Gasteiger partial charge in [-0.2, -0.15) is 0 Å². The first-order chi connectivity index (χ1) is 41.2. The van der Waals surface area contributed by atoms with Gasteiger partial charge in [-0.05, 0) is 0 Å². The van der Waals surface area contributed by atoms with Crippen LogP contribution in [0, 0.1) is 0 Å². The third-order valence-electron chi connectivity index (χ3n) is 8.92. The molecule has 6 aromatic carbocycles. The van der Waals surface area contributed by atoms with Crippen LogP contribution in [0.5, 0.6) is 34.5 Å². The summed E-state index contributed by atoms with van der Waals surface area (Å²) in [5.74, 6) is 0.431. The number of para-hydroxylation sites is 6. The molecular formula is C62H82Cl4Co2K2O18. The number of hydrogen-bond donors (Lipinski definition) is 0. The fourth-order valence-corrected chi connectivity index (χ4v) is 5.16. The van der Waals surface area contributed by atoms with E-state index in [-0.39, 0.29) is 182 Å². The fraction of sp³-hybridized carbons (Fsp3) is 0.419. The molecule has 486 valence electrons. The zero-order valence-electron chi connectivity index (χ0n) is 50.2. The van der Waals surface area contributed by atoms with Crippen LogP contribution < -0.4 is 133 Å². The largest absolute Gasteiger partial charge is 2.00 e. The van der Waals surface area contributed by atoms with Gasteiger partial charge in [-0.25, -0.2) is 0 Å². The number of alkyl halides is 4. The van der Waals surface area contributed by atoms with E-state index in [4.69, 9.17) is 103 Å². The van der Waals surface area contributed by atoms with Crippen molar-refractivity contribution in [1.29, 1.82) is 0 Å². The maximum Gasteiger partial charge on any atom is 2.00 e. The van der Waals surface area contributed by atoms with Gasteiger partial charge in [-0.15, -0.1) is 80.9 Å². The normalized spacial score (nSPS) is 14.3. The zero-order chi connectivity index (χ0) is 61.5. The molecule has 6 aromatic rings. The Morgan fingerprint density at radius 2 is 0.261 bits per heavy atom. The molecule has 0 N–H and O–H groups in total. The summed E-state index contributed by atoms with van der Waals surface area (Å²) in [4.78, 5) is 0. The summed E-state index contributed by atoms with van der Waals surface area (Å²) < 4.78 is 63.9. The number of halogens is 4. The van der Waals surface area contributed by atoms with Crippen molar-refractivity contribution >= 4 is 46.4 Å². The SMILES string of the molecule is C1COCCOCCOCCOCCOCCO1.C1COCCOCCOCCOCCOCCO1.ClCCl.ClCCl.[Co+2].[Co+2].[K+].[K+].[O-]c1ccccc1.[O-]c1ccccc1.[O-]c1ccccc1.[O-]c1ccccc1.[O-]c1ccccc1.[O-]c1ccccc1. The molecule has 2 heterocycles. The van der Waals surface area contributed by atoms with Crippen LogP contribution in [-0.2, 0) is 90.4 Å². The molecule has 2 aliphatic heterocycles. The maximum absolute atomic E-state index is 10.3. The van der Waals surface area contributed by atoms with Gasteiger partial charge in [0.05, 0.1) is 169 Å². The number of ether oxygens (including phenoxy) is 12. The first-order valence-corrected chi connectivity index (χ1v) is 28.8. The van der Waals surface area contributed by atoms with Gasteiger partial charge in [0.25, 0.3) is 0 Å². The Bertz CT molecular complexity index is 1640. The van der Waals surface area contributed by atoms with Crippen molar-refractivity contribution in [3.8, 4) is 34.5 Å². The Morgan fingerprint density at radius 1 is 0.193 bits per heavy atom.